The smallest absolute Gasteiger partial charge is 0.303 e. The molecule has 2 aromatic carbocycles. The van der Waals surface area contributed by atoms with Crippen LogP contribution in [0.25, 0.3) is 10.9 Å². The minimum atomic E-state index is -3.67. The number of anilines is 1. The van der Waals surface area contributed by atoms with E-state index in [-0.39, 0.29) is 37.8 Å². The van der Waals surface area contributed by atoms with Gasteiger partial charge in [0.2, 0.25) is 5.91 Å². The van der Waals surface area contributed by atoms with Crippen molar-refractivity contribution in [3.8, 4) is 11.5 Å². The van der Waals surface area contributed by atoms with Gasteiger partial charge in [-0.1, -0.05) is 12.1 Å². The number of hydrogen-bond acceptors (Lipinski definition) is 8. The number of amides is 1. The molecular weight excluding hydrogens is 529 g/mol. The summed E-state index contributed by atoms with van der Waals surface area (Å²) in [5.41, 5.74) is -0.217. The van der Waals surface area contributed by atoms with E-state index in [0.717, 1.165) is 6.07 Å². The number of morpholine rings is 1. The fraction of sp³-hybridized carbons (Fsp3) is 0.464. The van der Waals surface area contributed by atoms with Gasteiger partial charge in [-0.05, 0) is 26.0 Å². The van der Waals surface area contributed by atoms with Gasteiger partial charge in [0, 0.05) is 37.6 Å². The van der Waals surface area contributed by atoms with Crippen LogP contribution < -0.4 is 14.8 Å². The minimum Gasteiger partial charge on any atom is -0.493 e. The van der Waals surface area contributed by atoms with Crippen molar-refractivity contribution in [2.45, 2.75) is 38.8 Å². The predicted molar refractivity (Wildman–Crippen MR) is 143 cm³/mol. The zero-order valence-electron chi connectivity index (χ0n) is 23.1. The first-order chi connectivity index (χ1) is 19.1. The molecule has 2 atom stereocenters. The Balaban J connectivity index is 1.66. The van der Waals surface area contributed by atoms with Gasteiger partial charge >= 0.3 is 5.92 Å². The first-order valence-corrected chi connectivity index (χ1v) is 12.8. The number of alkyl halides is 2. The van der Waals surface area contributed by atoms with Crippen LogP contribution in [-0.4, -0.2) is 74.0 Å². The summed E-state index contributed by atoms with van der Waals surface area (Å²) in [6, 6.07) is 6.52. The van der Waals surface area contributed by atoms with Crippen molar-refractivity contribution in [1.29, 1.82) is 0 Å². The quantitative estimate of drug-likeness (QED) is 0.358. The highest BCUT2D eigenvalue weighted by Crippen LogP contribution is 2.40. The van der Waals surface area contributed by atoms with Gasteiger partial charge in [0.25, 0.3) is 0 Å². The number of nitrogens with one attached hydrogen (secondary N) is 1. The van der Waals surface area contributed by atoms with Crippen LogP contribution >= 0.6 is 0 Å². The number of halogens is 3. The number of rotatable bonds is 10. The zero-order valence-corrected chi connectivity index (χ0v) is 23.1. The third kappa shape index (κ3) is 6.07. The molecule has 1 fully saturated rings. The van der Waals surface area contributed by atoms with Gasteiger partial charge in [-0.15, -0.1) is 0 Å². The number of benzene rings is 2. The van der Waals surface area contributed by atoms with Gasteiger partial charge in [0.15, 0.2) is 11.5 Å². The van der Waals surface area contributed by atoms with Crippen molar-refractivity contribution in [3.05, 3.63) is 53.1 Å². The number of fused-ring (bicyclic) bond motifs is 1. The maximum Gasteiger partial charge on any atom is 0.303 e. The third-order valence-corrected chi connectivity index (χ3v) is 6.76. The minimum absolute atomic E-state index is 0.0194. The molecule has 216 valence electrons. The molecule has 0 spiro atoms. The number of carbonyl (C=O) groups is 1. The van der Waals surface area contributed by atoms with Crippen molar-refractivity contribution in [2.75, 3.05) is 52.4 Å². The second-order valence-electron chi connectivity index (χ2n) is 9.50. The van der Waals surface area contributed by atoms with E-state index in [1.807, 2.05) is 0 Å². The predicted octanol–water partition coefficient (Wildman–Crippen LogP) is 4.62. The number of aryl methyl sites for hydroxylation is 1. The summed E-state index contributed by atoms with van der Waals surface area (Å²) in [7, 11) is 3.08. The van der Waals surface area contributed by atoms with E-state index in [0.29, 0.717) is 40.7 Å². The SMILES string of the molecule is COCCOc1cc2c(N[C@H](C)c3cccc(C(F)(F)C4CN(C(C)=O)CCO4)c3F)nc(C)nc2cc1OC. The lowest BCUT2D eigenvalue weighted by Crippen LogP contribution is -2.51. The lowest BCUT2D eigenvalue weighted by Gasteiger charge is -2.36. The molecule has 1 N–H and O–H groups in total. The van der Waals surface area contributed by atoms with Crippen LogP contribution in [0.4, 0.5) is 19.0 Å². The summed E-state index contributed by atoms with van der Waals surface area (Å²) < 4.78 is 68.4. The summed E-state index contributed by atoms with van der Waals surface area (Å²) in [6.07, 6.45) is -1.67. The Morgan fingerprint density at radius 3 is 2.70 bits per heavy atom. The standard InChI is InChI=1S/C28H33F3N4O5/c1-16(19-7-6-8-21(26(19)29)28(30,31)25-15-35(18(3)36)9-10-40-25)32-27-20-13-24(39-12-11-37-4)23(38-5)14-22(20)33-17(2)34-27/h6-8,13-14,16,25H,9-12,15H2,1-5H3,(H,32,33,34)/t16-,25?/m1/s1. The molecule has 1 aromatic heterocycles. The normalized spacial score (nSPS) is 16.6. The molecule has 12 heteroatoms. The van der Waals surface area contributed by atoms with E-state index in [2.05, 4.69) is 15.3 Å². The molecule has 4 rings (SSSR count). The topological polar surface area (TPSA) is 95.0 Å². The first-order valence-electron chi connectivity index (χ1n) is 12.8. The summed E-state index contributed by atoms with van der Waals surface area (Å²) in [4.78, 5) is 22.0. The molecule has 0 aliphatic carbocycles. The van der Waals surface area contributed by atoms with Crippen molar-refractivity contribution in [2.24, 2.45) is 0 Å². The Bertz CT molecular complexity index is 1370. The molecule has 1 amide bonds. The highest BCUT2D eigenvalue weighted by atomic mass is 19.3. The van der Waals surface area contributed by atoms with Crippen molar-refractivity contribution >= 4 is 22.6 Å². The molecule has 9 nitrogen and oxygen atoms in total. The fourth-order valence-corrected chi connectivity index (χ4v) is 4.62. The van der Waals surface area contributed by atoms with Gasteiger partial charge < -0.3 is 29.2 Å². The molecule has 3 aromatic rings. The summed E-state index contributed by atoms with van der Waals surface area (Å²) in [6.45, 7) is 5.14. The average Bonchev–Trinajstić information content (AvgIpc) is 2.93. The Labute approximate surface area is 230 Å². The summed E-state index contributed by atoms with van der Waals surface area (Å²) in [5, 5.41) is 3.73. The highest BCUT2D eigenvalue weighted by Gasteiger charge is 2.47. The maximum atomic E-state index is 15.7. The molecule has 1 aliphatic heterocycles. The average molecular weight is 563 g/mol. The van der Waals surface area contributed by atoms with E-state index in [4.69, 9.17) is 18.9 Å². The molecule has 40 heavy (non-hydrogen) atoms. The fourth-order valence-electron chi connectivity index (χ4n) is 4.62. The van der Waals surface area contributed by atoms with Crippen LogP contribution in [-0.2, 0) is 20.2 Å². The monoisotopic (exact) mass is 562 g/mol. The van der Waals surface area contributed by atoms with E-state index in [1.54, 1.807) is 33.1 Å². The van der Waals surface area contributed by atoms with Crippen LogP contribution in [0.15, 0.2) is 30.3 Å². The Morgan fingerprint density at radius 2 is 2.00 bits per heavy atom. The Morgan fingerprint density at radius 1 is 1.23 bits per heavy atom. The van der Waals surface area contributed by atoms with Gasteiger partial charge in [-0.25, -0.2) is 14.4 Å². The number of nitrogens with zero attached hydrogens (tertiary/aromatic N) is 3. The molecule has 2 heterocycles. The Hall–Kier alpha value is -3.64. The van der Waals surface area contributed by atoms with Crippen LogP contribution in [0.1, 0.15) is 36.8 Å². The molecule has 1 unspecified atom stereocenters. The Kier molecular flexibility index (Phi) is 8.99. The van der Waals surface area contributed by atoms with Crippen molar-refractivity contribution in [1.82, 2.24) is 14.9 Å². The van der Waals surface area contributed by atoms with E-state index >= 15 is 13.2 Å². The molecule has 0 bridgehead atoms. The van der Waals surface area contributed by atoms with Gasteiger partial charge in [0.1, 0.15) is 30.2 Å². The molecule has 0 radical (unpaired) electrons. The highest BCUT2D eigenvalue weighted by molar-refractivity contribution is 5.92. The lowest BCUT2D eigenvalue weighted by molar-refractivity contribution is -0.178. The van der Waals surface area contributed by atoms with Crippen LogP contribution in [0.2, 0.25) is 0 Å². The number of methoxy groups -OCH3 is 2. The van der Waals surface area contributed by atoms with Crippen LogP contribution in [0, 0.1) is 12.7 Å². The second-order valence-corrected chi connectivity index (χ2v) is 9.50. The number of ether oxygens (including phenoxy) is 4. The molecule has 1 saturated heterocycles. The van der Waals surface area contributed by atoms with Gasteiger partial charge in [-0.3, -0.25) is 4.79 Å². The van der Waals surface area contributed by atoms with Crippen molar-refractivity contribution in [3.63, 3.8) is 0 Å². The lowest BCUT2D eigenvalue weighted by atomic mass is 9.96. The zero-order chi connectivity index (χ0) is 29.0. The van der Waals surface area contributed by atoms with Gasteiger partial charge in [0.05, 0.1) is 44.0 Å². The number of aromatic nitrogens is 2. The maximum absolute atomic E-state index is 15.7. The second kappa shape index (κ2) is 12.3. The largest absolute Gasteiger partial charge is 0.493 e. The van der Waals surface area contributed by atoms with E-state index in [1.165, 1.54) is 31.1 Å². The third-order valence-electron chi connectivity index (χ3n) is 6.76. The summed E-state index contributed by atoms with van der Waals surface area (Å²) in [5.74, 6) is -3.34. The van der Waals surface area contributed by atoms with Crippen molar-refractivity contribution < 1.29 is 36.9 Å². The van der Waals surface area contributed by atoms with E-state index < -0.39 is 29.4 Å². The number of hydrogen-bond donors (Lipinski definition) is 1. The molecule has 1 aliphatic rings. The van der Waals surface area contributed by atoms with Gasteiger partial charge in [-0.2, -0.15) is 8.78 Å². The molecule has 0 saturated carbocycles. The van der Waals surface area contributed by atoms with E-state index in [9.17, 15) is 4.79 Å². The molecular formula is C28H33F3N4O5. The summed E-state index contributed by atoms with van der Waals surface area (Å²) >= 11 is 0. The first kappa shape index (κ1) is 29.3. The number of carbonyl (C=O) groups excluding carboxylic acids is 1. The van der Waals surface area contributed by atoms with Crippen LogP contribution in [0.5, 0.6) is 11.5 Å². The van der Waals surface area contributed by atoms with Crippen LogP contribution in [0.3, 0.4) is 0 Å².